The van der Waals surface area contributed by atoms with Gasteiger partial charge in [-0.2, -0.15) is 8.42 Å². The predicted molar refractivity (Wildman–Crippen MR) is 58.0 cm³/mol. The van der Waals surface area contributed by atoms with Crippen LogP contribution in [0.15, 0.2) is 0 Å². The summed E-state index contributed by atoms with van der Waals surface area (Å²) in [5.74, 6) is -0.563. The summed E-state index contributed by atoms with van der Waals surface area (Å²) < 4.78 is 37.9. The van der Waals surface area contributed by atoms with Gasteiger partial charge in [0, 0.05) is 6.92 Å². The lowest BCUT2D eigenvalue weighted by Gasteiger charge is -2.40. The number of carbonyl (C=O) groups excluding carboxylic acids is 1. The minimum atomic E-state index is -4.74. The molecule has 0 bridgehead atoms. The maximum Gasteiger partial charge on any atom is 0.397 e. The first kappa shape index (κ1) is 16.2. The van der Waals surface area contributed by atoms with Gasteiger partial charge in [0.2, 0.25) is 5.91 Å². The monoisotopic (exact) mass is 301 g/mol. The first-order valence-corrected chi connectivity index (χ1v) is 6.57. The van der Waals surface area contributed by atoms with Crippen molar-refractivity contribution in [1.82, 2.24) is 5.32 Å². The SMILES string of the molecule is CC(=O)N[C@@H]1C(O)O[C@H](COS(=O)(=O)O)[C@@H](O)[C@@H]1O. The number of ether oxygens (including phenoxy) is 1. The van der Waals surface area contributed by atoms with Crippen molar-refractivity contribution in [3.8, 4) is 0 Å². The molecule has 1 amide bonds. The molecule has 1 rings (SSSR count). The number of rotatable bonds is 4. The van der Waals surface area contributed by atoms with Crippen LogP contribution in [0.1, 0.15) is 6.92 Å². The Morgan fingerprint density at radius 3 is 2.37 bits per heavy atom. The number of nitrogens with one attached hydrogen (secondary N) is 1. The number of aliphatic hydroxyl groups excluding tert-OH is 3. The van der Waals surface area contributed by atoms with E-state index in [2.05, 4.69) is 9.50 Å². The van der Waals surface area contributed by atoms with Gasteiger partial charge in [0.15, 0.2) is 6.29 Å². The minimum Gasteiger partial charge on any atom is -0.388 e. The second kappa shape index (κ2) is 6.09. The first-order valence-electron chi connectivity index (χ1n) is 5.20. The lowest BCUT2D eigenvalue weighted by Crippen LogP contribution is -2.64. The molecular formula is C8H15NO9S. The lowest BCUT2D eigenvalue weighted by molar-refractivity contribution is -0.252. The van der Waals surface area contributed by atoms with Crippen molar-refractivity contribution in [2.75, 3.05) is 6.61 Å². The van der Waals surface area contributed by atoms with Gasteiger partial charge in [-0.05, 0) is 0 Å². The Hall–Kier alpha value is -0.820. The van der Waals surface area contributed by atoms with E-state index in [0.717, 1.165) is 6.92 Å². The Balaban J connectivity index is 2.69. The number of hydrogen-bond donors (Lipinski definition) is 5. The Kier molecular flexibility index (Phi) is 5.20. The van der Waals surface area contributed by atoms with E-state index in [1.165, 1.54) is 0 Å². The molecule has 1 heterocycles. The van der Waals surface area contributed by atoms with Crippen LogP contribution >= 0.6 is 0 Å². The van der Waals surface area contributed by atoms with Crippen LogP contribution < -0.4 is 5.32 Å². The Labute approximate surface area is 108 Å². The second-order valence-electron chi connectivity index (χ2n) is 3.98. The molecule has 11 heteroatoms. The number of amides is 1. The molecule has 0 saturated carbocycles. The summed E-state index contributed by atoms with van der Waals surface area (Å²) in [6.07, 6.45) is -6.28. The van der Waals surface area contributed by atoms with E-state index in [4.69, 9.17) is 9.29 Å². The molecule has 0 aromatic carbocycles. The van der Waals surface area contributed by atoms with Crippen LogP contribution in [-0.4, -0.2) is 71.4 Å². The van der Waals surface area contributed by atoms with E-state index in [1.54, 1.807) is 0 Å². The van der Waals surface area contributed by atoms with Crippen LogP contribution in [0.3, 0.4) is 0 Å². The van der Waals surface area contributed by atoms with Crippen molar-refractivity contribution >= 4 is 16.3 Å². The molecule has 1 aliphatic rings. The van der Waals surface area contributed by atoms with Gasteiger partial charge in [0.25, 0.3) is 0 Å². The Bertz CT molecular complexity index is 424. The number of aliphatic hydroxyl groups is 3. The molecule has 1 unspecified atom stereocenters. The fourth-order valence-corrected chi connectivity index (χ4v) is 1.93. The van der Waals surface area contributed by atoms with Gasteiger partial charge in [-0.1, -0.05) is 0 Å². The zero-order valence-electron chi connectivity index (χ0n) is 9.83. The fraction of sp³-hybridized carbons (Fsp3) is 0.875. The molecule has 5 N–H and O–H groups in total. The minimum absolute atomic E-state index is 0.563. The lowest BCUT2D eigenvalue weighted by atomic mass is 9.97. The van der Waals surface area contributed by atoms with Crippen LogP contribution in [0, 0.1) is 0 Å². The normalized spacial score (nSPS) is 35.9. The molecule has 0 aromatic rings. The third-order valence-corrected chi connectivity index (χ3v) is 2.91. The molecule has 5 atom stereocenters. The summed E-state index contributed by atoms with van der Waals surface area (Å²) in [4.78, 5) is 10.8. The summed E-state index contributed by atoms with van der Waals surface area (Å²) in [7, 11) is -4.74. The standard InChI is InChI=1S/C8H15NO9S/c1-3(10)9-5-7(12)6(11)4(18-8(5)13)2-17-19(14,15)16/h4-8,11-13H,2H2,1H3,(H,9,10)(H,14,15,16)/t4-,5+,6-,7-,8?/m1/s1. The summed E-state index contributed by atoms with van der Waals surface area (Å²) in [5, 5.41) is 31.0. The van der Waals surface area contributed by atoms with Crippen molar-refractivity contribution in [2.24, 2.45) is 0 Å². The maximum absolute atomic E-state index is 10.8. The molecule has 0 spiro atoms. The molecule has 19 heavy (non-hydrogen) atoms. The Morgan fingerprint density at radius 2 is 1.89 bits per heavy atom. The van der Waals surface area contributed by atoms with Gasteiger partial charge in [-0.15, -0.1) is 0 Å². The highest BCUT2D eigenvalue weighted by Crippen LogP contribution is 2.20. The molecular weight excluding hydrogens is 286 g/mol. The van der Waals surface area contributed by atoms with Crippen LogP contribution in [0.4, 0.5) is 0 Å². The molecule has 0 aliphatic carbocycles. The highest BCUT2D eigenvalue weighted by atomic mass is 32.3. The van der Waals surface area contributed by atoms with Crippen molar-refractivity contribution in [2.45, 2.75) is 37.6 Å². The van der Waals surface area contributed by atoms with Crippen LogP contribution in [0.2, 0.25) is 0 Å². The smallest absolute Gasteiger partial charge is 0.388 e. The van der Waals surface area contributed by atoms with Crippen molar-refractivity contribution in [1.29, 1.82) is 0 Å². The third-order valence-electron chi connectivity index (χ3n) is 2.47. The average molecular weight is 301 g/mol. The fourth-order valence-electron chi connectivity index (χ4n) is 1.63. The van der Waals surface area contributed by atoms with Crippen LogP contribution in [0.25, 0.3) is 0 Å². The van der Waals surface area contributed by atoms with Gasteiger partial charge >= 0.3 is 10.4 Å². The third kappa shape index (κ3) is 4.65. The van der Waals surface area contributed by atoms with E-state index >= 15 is 0 Å². The summed E-state index contributed by atoms with van der Waals surface area (Å²) in [6.45, 7) is 0.334. The Morgan fingerprint density at radius 1 is 1.32 bits per heavy atom. The predicted octanol–water partition coefficient (Wildman–Crippen LogP) is -3.25. The van der Waals surface area contributed by atoms with Gasteiger partial charge in [-0.25, -0.2) is 4.18 Å². The largest absolute Gasteiger partial charge is 0.397 e. The van der Waals surface area contributed by atoms with Gasteiger partial charge in [0.05, 0.1) is 6.61 Å². The van der Waals surface area contributed by atoms with Crippen LogP contribution in [-0.2, 0) is 24.1 Å². The van der Waals surface area contributed by atoms with E-state index in [0.29, 0.717) is 0 Å². The quantitative estimate of drug-likeness (QED) is 0.335. The number of carbonyl (C=O) groups is 1. The maximum atomic E-state index is 10.8. The van der Waals surface area contributed by atoms with Crippen LogP contribution in [0.5, 0.6) is 0 Å². The van der Waals surface area contributed by atoms with Gasteiger partial charge in [-0.3, -0.25) is 9.35 Å². The van der Waals surface area contributed by atoms with Gasteiger partial charge in [0.1, 0.15) is 24.4 Å². The molecule has 0 aromatic heterocycles. The molecule has 10 nitrogen and oxygen atoms in total. The highest BCUT2D eigenvalue weighted by Gasteiger charge is 2.44. The zero-order chi connectivity index (χ0) is 14.8. The summed E-state index contributed by atoms with van der Waals surface area (Å²) >= 11 is 0. The summed E-state index contributed by atoms with van der Waals surface area (Å²) in [6, 6.07) is -1.27. The van der Waals surface area contributed by atoms with E-state index in [1.807, 2.05) is 0 Å². The van der Waals surface area contributed by atoms with Gasteiger partial charge < -0.3 is 25.4 Å². The topological polar surface area (TPSA) is 163 Å². The summed E-state index contributed by atoms with van der Waals surface area (Å²) in [5.41, 5.74) is 0. The second-order valence-corrected chi connectivity index (χ2v) is 5.08. The number of hydrogen-bond acceptors (Lipinski definition) is 8. The average Bonchev–Trinajstić information content (AvgIpc) is 2.26. The van der Waals surface area contributed by atoms with Crippen molar-refractivity contribution < 1.29 is 42.0 Å². The molecule has 112 valence electrons. The zero-order valence-corrected chi connectivity index (χ0v) is 10.6. The molecule has 1 fully saturated rings. The molecule has 1 aliphatic heterocycles. The van der Waals surface area contributed by atoms with E-state index in [-0.39, 0.29) is 0 Å². The van der Waals surface area contributed by atoms with E-state index in [9.17, 15) is 28.5 Å². The molecule has 0 radical (unpaired) electrons. The van der Waals surface area contributed by atoms with E-state index < -0.39 is 53.6 Å². The van der Waals surface area contributed by atoms with Crippen molar-refractivity contribution in [3.05, 3.63) is 0 Å². The van der Waals surface area contributed by atoms with Crippen molar-refractivity contribution in [3.63, 3.8) is 0 Å². The first-order chi connectivity index (χ1) is 8.61. The highest BCUT2D eigenvalue weighted by molar-refractivity contribution is 7.80. The molecule has 1 saturated heterocycles.